The van der Waals surface area contributed by atoms with E-state index in [0.29, 0.717) is 12.8 Å². The molecule has 2 amide bonds. The van der Waals surface area contributed by atoms with E-state index in [0.717, 1.165) is 0 Å². The van der Waals surface area contributed by atoms with Gasteiger partial charge in [0.25, 0.3) is 0 Å². The second-order valence-electron chi connectivity index (χ2n) is 3.23. The molecular formula is C8H14N2O4. The average Bonchev–Trinajstić information content (AvgIpc) is 2.61. The molecule has 1 heterocycles. The van der Waals surface area contributed by atoms with Crippen molar-refractivity contribution >= 4 is 11.8 Å². The van der Waals surface area contributed by atoms with Gasteiger partial charge in [-0.15, -0.1) is 0 Å². The minimum Gasteiger partial charge on any atom is -0.394 e. The molecule has 0 saturated carbocycles. The summed E-state index contributed by atoms with van der Waals surface area (Å²) in [4.78, 5) is 22.2. The summed E-state index contributed by atoms with van der Waals surface area (Å²) in [6.45, 7) is -0.633. The zero-order valence-corrected chi connectivity index (χ0v) is 7.69. The lowest BCUT2D eigenvalue weighted by Gasteiger charge is -2.16. The van der Waals surface area contributed by atoms with E-state index in [1.54, 1.807) is 0 Å². The van der Waals surface area contributed by atoms with E-state index in [1.807, 2.05) is 0 Å². The SMILES string of the molecule is O=C1CC[C@@H](C(=O)NC(CO)CO)N1. The van der Waals surface area contributed by atoms with E-state index in [4.69, 9.17) is 10.2 Å². The van der Waals surface area contributed by atoms with Crippen LogP contribution < -0.4 is 10.6 Å². The molecule has 1 saturated heterocycles. The first-order valence-electron chi connectivity index (χ1n) is 4.49. The standard InChI is InChI=1S/C8H14N2O4/c11-3-5(4-12)9-8(14)6-1-2-7(13)10-6/h5-6,11-12H,1-4H2,(H,9,14)(H,10,13)/t6-/m0/s1. The topological polar surface area (TPSA) is 98.7 Å². The van der Waals surface area contributed by atoms with Crippen molar-refractivity contribution in [3.05, 3.63) is 0 Å². The second kappa shape index (κ2) is 4.92. The Morgan fingerprint density at radius 2 is 2.21 bits per heavy atom. The van der Waals surface area contributed by atoms with Gasteiger partial charge in [0.2, 0.25) is 11.8 Å². The highest BCUT2D eigenvalue weighted by atomic mass is 16.3. The number of rotatable bonds is 4. The van der Waals surface area contributed by atoms with E-state index >= 15 is 0 Å². The lowest BCUT2D eigenvalue weighted by atomic mass is 10.2. The van der Waals surface area contributed by atoms with Crippen molar-refractivity contribution in [1.29, 1.82) is 0 Å². The van der Waals surface area contributed by atoms with Gasteiger partial charge in [-0.1, -0.05) is 0 Å². The minimum atomic E-state index is -0.653. The van der Waals surface area contributed by atoms with Gasteiger partial charge in [-0.25, -0.2) is 0 Å². The first-order valence-corrected chi connectivity index (χ1v) is 4.49. The lowest BCUT2D eigenvalue weighted by Crippen LogP contribution is -2.48. The second-order valence-corrected chi connectivity index (χ2v) is 3.23. The molecule has 6 heteroatoms. The van der Waals surface area contributed by atoms with Crippen molar-refractivity contribution in [2.75, 3.05) is 13.2 Å². The molecule has 4 N–H and O–H groups in total. The first kappa shape index (κ1) is 10.9. The van der Waals surface area contributed by atoms with Gasteiger partial charge in [0.05, 0.1) is 19.3 Å². The van der Waals surface area contributed by atoms with Gasteiger partial charge in [0, 0.05) is 6.42 Å². The number of nitrogens with one attached hydrogen (secondary N) is 2. The van der Waals surface area contributed by atoms with Crippen LogP contribution in [-0.2, 0) is 9.59 Å². The molecule has 0 radical (unpaired) electrons. The highest BCUT2D eigenvalue weighted by Crippen LogP contribution is 2.06. The van der Waals surface area contributed by atoms with Gasteiger partial charge in [-0.2, -0.15) is 0 Å². The summed E-state index contributed by atoms with van der Waals surface area (Å²) in [6, 6.07) is -1.18. The van der Waals surface area contributed by atoms with E-state index in [-0.39, 0.29) is 25.0 Å². The summed E-state index contributed by atoms with van der Waals surface area (Å²) in [7, 11) is 0. The van der Waals surface area contributed by atoms with Crippen molar-refractivity contribution in [1.82, 2.24) is 10.6 Å². The molecule has 80 valence electrons. The maximum Gasteiger partial charge on any atom is 0.242 e. The number of amides is 2. The van der Waals surface area contributed by atoms with Crippen LogP contribution in [0.2, 0.25) is 0 Å². The van der Waals surface area contributed by atoms with Gasteiger partial charge in [-0.05, 0) is 6.42 Å². The molecule has 0 bridgehead atoms. The Labute approximate surface area is 81.3 Å². The van der Waals surface area contributed by atoms with Gasteiger partial charge >= 0.3 is 0 Å². The monoisotopic (exact) mass is 202 g/mol. The summed E-state index contributed by atoms with van der Waals surface area (Å²) in [5.41, 5.74) is 0. The number of carbonyl (C=O) groups excluding carboxylic acids is 2. The fourth-order valence-electron chi connectivity index (χ4n) is 1.26. The van der Waals surface area contributed by atoms with E-state index in [1.165, 1.54) is 0 Å². The number of hydrogen-bond donors (Lipinski definition) is 4. The lowest BCUT2D eigenvalue weighted by molar-refractivity contribution is -0.126. The molecule has 0 unspecified atom stereocenters. The highest BCUT2D eigenvalue weighted by Gasteiger charge is 2.28. The largest absolute Gasteiger partial charge is 0.394 e. The summed E-state index contributed by atoms with van der Waals surface area (Å²) >= 11 is 0. The van der Waals surface area contributed by atoms with Crippen LogP contribution in [0.25, 0.3) is 0 Å². The third kappa shape index (κ3) is 2.68. The van der Waals surface area contributed by atoms with Crippen LogP contribution >= 0.6 is 0 Å². The van der Waals surface area contributed by atoms with E-state index in [9.17, 15) is 9.59 Å². The average molecular weight is 202 g/mol. The maximum absolute atomic E-state index is 11.4. The van der Waals surface area contributed by atoms with Crippen LogP contribution in [-0.4, -0.2) is 47.3 Å². The number of aliphatic hydroxyl groups excluding tert-OH is 2. The van der Waals surface area contributed by atoms with Crippen LogP contribution in [0.5, 0.6) is 0 Å². The van der Waals surface area contributed by atoms with Crippen molar-refractivity contribution < 1.29 is 19.8 Å². The molecule has 0 aliphatic carbocycles. The number of carbonyl (C=O) groups is 2. The molecule has 1 fully saturated rings. The molecule has 0 aromatic rings. The summed E-state index contributed by atoms with van der Waals surface area (Å²) in [6.07, 6.45) is 0.815. The van der Waals surface area contributed by atoms with E-state index < -0.39 is 12.1 Å². The quantitative estimate of drug-likeness (QED) is 0.413. The molecule has 1 aliphatic heterocycles. The van der Waals surface area contributed by atoms with Crippen LogP contribution in [0, 0.1) is 0 Å². The molecule has 1 atom stereocenters. The predicted octanol–water partition coefficient (Wildman–Crippen LogP) is -2.27. The van der Waals surface area contributed by atoms with E-state index in [2.05, 4.69) is 10.6 Å². The fourth-order valence-corrected chi connectivity index (χ4v) is 1.26. The highest BCUT2D eigenvalue weighted by molar-refractivity contribution is 5.90. The zero-order chi connectivity index (χ0) is 10.6. The molecule has 0 aromatic heterocycles. The van der Waals surface area contributed by atoms with Crippen molar-refractivity contribution in [2.24, 2.45) is 0 Å². The predicted molar refractivity (Wildman–Crippen MR) is 47.3 cm³/mol. The first-order chi connectivity index (χ1) is 6.67. The molecule has 0 spiro atoms. The minimum absolute atomic E-state index is 0.144. The number of aliphatic hydroxyl groups is 2. The van der Waals surface area contributed by atoms with Crippen LogP contribution in [0.4, 0.5) is 0 Å². The van der Waals surface area contributed by atoms with Gasteiger partial charge in [-0.3, -0.25) is 9.59 Å². The Morgan fingerprint density at radius 3 is 2.64 bits per heavy atom. The van der Waals surface area contributed by atoms with Crippen molar-refractivity contribution in [3.8, 4) is 0 Å². The van der Waals surface area contributed by atoms with Crippen molar-refractivity contribution in [2.45, 2.75) is 24.9 Å². The van der Waals surface area contributed by atoms with Crippen LogP contribution in [0.3, 0.4) is 0 Å². The summed E-state index contributed by atoms with van der Waals surface area (Å²) in [5, 5.41) is 22.3. The normalized spacial score (nSPS) is 21.1. The Bertz CT molecular complexity index is 227. The summed E-state index contributed by atoms with van der Waals surface area (Å²) < 4.78 is 0. The zero-order valence-electron chi connectivity index (χ0n) is 7.69. The fraction of sp³-hybridized carbons (Fsp3) is 0.750. The smallest absolute Gasteiger partial charge is 0.242 e. The maximum atomic E-state index is 11.4. The van der Waals surface area contributed by atoms with Crippen LogP contribution in [0.1, 0.15) is 12.8 Å². The Balaban J connectivity index is 2.38. The summed E-state index contributed by atoms with van der Waals surface area (Å²) in [5.74, 6) is -0.501. The third-order valence-electron chi connectivity index (χ3n) is 2.10. The third-order valence-corrected chi connectivity index (χ3v) is 2.10. The molecule has 6 nitrogen and oxygen atoms in total. The van der Waals surface area contributed by atoms with Gasteiger partial charge in [0.1, 0.15) is 6.04 Å². The molecule has 14 heavy (non-hydrogen) atoms. The molecule has 1 aliphatic rings. The molecule has 1 rings (SSSR count). The Hall–Kier alpha value is -1.14. The Morgan fingerprint density at radius 1 is 1.57 bits per heavy atom. The van der Waals surface area contributed by atoms with Gasteiger partial charge < -0.3 is 20.8 Å². The van der Waals surface area contributed by atoms with Gasteiger partial charge in [0.15, 0.2) is 0 Å². The number of hydrogen-bond acceptors (Lipinski definition) is 4. The van der Waals surface area contributed by atoms with Crippen LogP contribution in [0.15, 0.2) is 0 Å². The molecule has 0 aromatic carbocycles. The molecular weight excluding hydrogens is 188 g/mol. The Kier molecular flexibility index (Phi) is 3.84. The van der Waals surface area contributed by atoms with Crippen molar-refractivity contribution in [3.63, 3.8) is 0 Å².